The summed E-state index contributed by atoms with van der Waals surface area (Å²) >= 11 is 0.909. The van der Waals surface area contributed by atoms with E-state index >= 15 is 0 Å². The maximum absolute atomic E-state index is 12.9. The van der Waals surface area contributed by atoms with E-state index in [0.717, 1.165) is 34.1 Å². The molecule has 4 rings (SSSR count). The first-order valence-electron chi connectivity index (χ1n) is 11.3. The van der Waals surface area contributed by atoms with E-state index in [1.807, 2.05) is 62.4 Å². The van der Waals surface area contributed by atoms with Gasteiger partial charge in [-0.3, -0.25) is 19.3 Å². The van der Waals surface area contributed by atoms with E-state index in [4.69, 9.17) is 9.47 Å². The van der Waals surface area contributed by atoms with Crippen LogP contribution in [0.1, 0.15) is 22.3 Å². The number of nitrogens with one attached hydrogen (secondary N) is 1. The SMILES string of the molecule is COc1cc(/C=C2\SC(=O)N(Cc3ccccc3C)C2=O)ccc1OCC(=O)Nc1ccccc1C. The minimum atomic E-state index is -0.333. The summed E-state index contributed by atoms with van der Waals surface area (Å²) < 4.78 is 11.1. The van der Waals surface area contributed by atoms with Crippen LogP contribution in [0.25, 0.3) is 6.08 Å². The maximum Gasteiger partial charge on any atom is 0.293 e. The number of ether oxygens (including phenoxy) is 2. The summed E-state index contributed by atoms with van der Waals surface area (Å²) in [5.41, 5.74) is 4.30. The quantitative estimate of drug-likeness (QED) is 0.406. The Labute approximate surface area is 214 Å². The number of thioether (sulfide) groups is 1. The van der Waals surface area contributed by atoms with Gasteiger partial charge in [-0.25, -0.2) is 0 Å². The molecule has 0 aliphatic carbocycles. The maximum atomic E-state index is 12.9. The predicted octanol–water partition coefficient (Wildman–Crippen LogP) is 5.57. The number of aryl methyl sites for hydroxylation is 2. The zero-order chi connectivity index (χ0) is 25.7. The Morgan fingerprint density at radius 2 is 1.69 bits per heavy atom. The normalized spacial score (nSPS) is 14.3. The Bertz CT molecular complexity index is 1350. The van der Waals surface area contributed by atoms with Crippen LogP contribution in [0.15, 0.2) is 71.6 Å². The molecule has 0 aromatic heterocycles. The molecule has 3 amide bonds. The van der Waals surface area contributed by atoms with Gasteiger partial charge in [0.2, 0.25) is 0 Å². The molecule has 1 heterocycles. The summed E-state index contributed by atoms with van der Waals surface area (Å²) in [6, 6.07) is 20.3. The average molecular weight is 503 g/mol. The van der Waals surface area contributed by atoms with Gasteiger partial charge < -0.3 is 14.8 Å². The topological polar surface area (TPSA) is 84.9 Å². The highest BCUT2D eigenvalue weighted by atomic mass is 32.2. The zero-order valence-electron chi connectivity index (χ0n) is 20.2. The molecule has 0 radical (unpaired) electrons. The fourth-order valence-corrected chi connectivity index (χ4v) is 4.52. The van der Waals surface area contributed by atoms with Gasteiger partial charge in [0.05, 0.1) is 18.6 Å². The summed E-state index contributed by atoms with van der Waals surface area (Å²) in [5.74, 6) is 0.173. The second-order valence-corrected chi connectivity index (χ2v) is 9.25. The molecule has 1 fully saturated rings. The van der Waals surface area contributed by atoms with Gasteiger partial charge in [0, 0.05) is 5.69 Å². The Morgan fingerprint density at radius 3 is 2.42 bits per heavy atom. The smallest absolute Gasteiger partial charge is 0.293 e. The minimum Gasteiger partial charge on any atom is -0.493 e. The third-order valence-electron chi connectivity index (χ3n) is 5.73. The molecule has 0 spiro atoms. The number of nitrogens with zero attached hydrogens (tertiary/aromatic N) is 1. The van der Waals surface area contributed by atoms with Crippen LogP contribution in [-0.2, 0) is 16.1 Å². The molecular formula is C28H26N2O5S. The van der Waals surface area contributed by atoms with Gasteiger partial charge >= 0.3 is 0 Å². The molecule has 7 nitrogen and oxygen atoms in total. The fraction of sp³-hybridized carbons (Fsp3) is 0.179. The van der Waals surface area contributed by atoms with E-state index in [1.165, 1.54) is 12.0 Å². The first-order chi connectivity index (χ1) is 17.4. The van der Waals surface area contributed by atoms with Crippen molar-refractivity contribution in [2.75, 3.05) is 19.0 Å². The molecule has 8 heteroatoms. The third kappa shape index (κ3) is 5.78. The van der Waals surface area contributed by atoms with Gasteiger partial charge in [0.1, 0.15) is 0 Å². The molecule has 1 N–H and O–H groups in total. The molecule has 0 saturated carbocycles. The molecular weight excluding hydrogens is 476 g/mol. The minimum absolute atomic E-state index is 0.193. The summed E-state index contributed by atoms with van der Waals surface area (Å²) in [6.45, 7) is 3.90. The van der Waals surface area contributed by atoms with Gasteiger partial charge in [-0.05, 0) is 72.1 Å². The van der Waals surface area contributed by atoms with Crippen LogP contribution in [0, 0.1) is 13.8 Å². The molecule has 0 bridgehead atoms. The molecule has 1 aliphatic rings. The molecule has 0 atom stereocenters. The number of hydrogen-bond acceptors (Lipinski definition) is 6. The Balaban J connectivity index is 1.43. The summed E-state index contributed by atoms with van der Waals surface area (Å²) in [7, 11) is 1.50. The van der Waals surface area contributed by atoms with Crippen LogP contribution in [0.4, 0.5) is 10.5 Å². The lowest BCUT2D eigenvalue weighted by Gasteiger charge is -2.14. The lowest BCUT2D eigenvalue weighted by molar-refractivity contribution is -0.123. The largest absolute Gasteiger partial charge is 0.493 e. The van der Waals surface area contributed by atoms with Crippen LogP contribution in [-0.4, -0.2) is 35.7 Å². The number of methoxy groups -OCH3 is 1. The first-order valence-corrected chi connectivity index (χ1v) is 12.1. The predicted molar refractivity (Wildman–Crippen MR) is 141 cm³/mol. The van der Waals surface area contributed by atoms with Crippen molar-refractivity contribution in [1.82, 2.24) is 4.90 Å². The van der Waals surface area contributed by atoms with Crippen molar-refractivity contribution in [1.29, 1.82) is 0 Å². The number of anilines is 1. The third-order valence-corrected chi connectivity index (χ3v) is 6.63. The van der Waals surface area contributed by atoms with Gasteiger partial charge in [-0.15, -0.1) is 0 Å². The second kappa shape index (κ2) is 11.1. The number of para-hydroxylation sites is 1. The molecule has 1 saturated heterocycles. The van der Waals surface area contributed by atoms with Crippen molar-refractivity contribution in [2.24, 2.45) is 0 Å². The van der Waals surface area contributed by atoms with Crippen LogP contribution in [0.5, 0.6) is 11.5 Å². The van der Waals surface area contributed by atoms with E-state index in [0.29, 0.717) is 22.0 Å². The Morgan fingerprint density at radius 1 is 0.972 bits per heavy atom. The lowest BCUT2D eigenvalue weighted by Crippen LogP contribution is -2.27. The number of amides is 3. The number of rotatable bonds is 8. The second-order valence-electron chi connectivity index (χ2n) is 8.26. The van der Waals surface area contributed by atoms with Crippen LogP contribution >= 0.6 is 11.8 Å². The lowest BCUT2D eigenvalue weighted by atomic mass is 10.1. The molecule has 3 aromatic carbocycles. The van der Waals surface area contributed by atoms with E-state index in [2.05, 4.69) is 5.32 Å². The zero-order valence-corrected chi connectivity index (χ0v) is 21.1. The highest BCUT2D eigenvalue weighted by molar-refractivity contribution is 8.18. The van der Waals surface area contributed by atoms with Crippen molar-refractivity contribution in [3.05, 3.63) is 93.9 Å². The highest BCUT2D eigenvalue weighted by Crippen LogP contribution is 2.35. The van der Waals surface area contributed by atoms with Gasteiger partial charge in [0.15, 0.2) is 18.1 Å². The van der Waals surface area contributed by atoms with Crippen LogP contribution in [0.2, 0.25) is 0 Å². The average Bonchev–Trinajstić information content (AvgIpc) is 3.13. The molecule has 3 aromatic rings. The van der Waals surface area contributed by atoms with Crippen LogP contribution < -0.4 is 14.8 Å². The van der Waals surface area contributed by atoms with Crippen molar-refractivity contribution >= 4 is 40.6 Å². The Hall–Kier alpha value is -4.04. The fourth-order valence-electron chi connectivity index (χ4n) is 3.68. The van der Waals surface area contributed by atoms with E-state index in [-0.39, 0.29) is 30.2 Å². The van der Waals surface area contributed by atoms with E-state index < -0.39 is 0 Å². The molecule has 1 aliphatic heterocycles. The van der Waals surface area contributed by atoms with E-state index in [1.54, 1.807) is 24.3 Å². The summed E-state index contributed by atoms with van der Waals surface area (Å²) in [6.07, 6.45) is 1.65. The summed E-state index contributed by atoms with van der Waals surface area (Å²) in [5, 5.41) is 2.52. The number of carbonyl (C=O) groups excluding carboxylic acids is 3. The van der Waals surface area contributed by atoms with Gasteiger partial charge in [0.25, 0.3) is 17.1 Å². The summed E-state index contributed by atoms with van der Waals surface area (Å²) in [4.78, 5) is 39.4. The van der Waals surface area contributed by atoms with Crippen molar-refractivity contribution in [3.63, 3.8) is 0 Å². The monoisotopic (exact) mass is 502 g/mol. The van der Waals surface area contributed by atoms with Gasteiger partial charge in [-0.1, -0.05) is 48.5 Å². The number of hydrogen-bond donors (Lipinski definition) is 1. The number of imide groups is 1. The van der Waals surface area contributed by atoms with Crippen molar-refractivity contribution in [3.8, 4) is 11.5 Å². The number of benzene rings is 3. The standard InChI is InChI=1S/C28H26N2O5S/c1-18-8-4-6-10-21(18)16-30-27(32)25(36-28(30)33)15-20-12-13-23(24(14-20)34-3)35-17-26(31)29-22-11-7-5-9-19(22)2/h4-15H,16-17H2,1-3H3,(H,29,31)/b25-15-. The molecule has 36 heavy (non-hydrogen) atoms. The Kier molecular flexibility index (Phi) is 7.75. The first kappa shape index (κ1) is 25.1. The van der Waals surface area contributed by atoms with Crippen molar-refractivity contribution in [2.45, 2.75) is 20.4 Å². The molecule has 184 valence electrons. The van der Waals surface area contributed by atoms with Crippen molar-refractivity contribution < 1.29 is 23.9 Å². The number of carbonyl (C=O) groups is 3. The molecule has 0 unspecified atom stereocenters. The van der Waals surface area contributed by atoms with Gasteiger partial charge in [-0.2, -0.15) is 0 Å². The van der Waals surface area contributed by atoms with Crippen LogP contribution in [0.3, 0.4) is 0 Å². The van der Waals surface area contributed by atoms with E-state index in [9.17, 15) is 14.4 Å². The highest BCUT2D eigenvalue weighted by Gasteiger charge is 2.35.